The number of hydrogen-bond acceptors (Lipinski definition) is 5. The fourth-order valence-electron chi connectivity index (χ4n) is 1.99. The van der Waals surface area contributed by atoms with Crippen molar-refractivity contribution in [1.29, 1.82) is 0 Å². The van der Waals surface area contributed by atoms with Gasteiger partial charge < -0.3 is 10.6 Å². The molecule has 0 amide bonds. The third kappa shape index (κ3) is 3.75. The molecule has 0 radical (unpaired) electrons. The highest BCUT2D eigenvalue weighted by molar-refractivity contribution is 7.89. The quantitative estimate of drug-likeness (QED) is 0.796. The standard InChI is InChI=1S/C14H19N3O2S2/c1-16-21(18,19)14-6-5-11(10-13(14)15)17(2)8-7-12-4-3-9-20-12/h3-6,9-10,16H,7-8,15H2,1-2H3. The second kappa shape index (κ2) is 6.46. The van der Waals surface area contributed by atoms with Gasteiger partial charge in [0.05, 0.1) is 5.69 Å². The number of rotatable bonds is 6. The minimum absolute atomic E-state index is 0.111. The fourth-order valence-corrected chi connectivity index (χ4v) is 3.52. The van der Waals surface area contributed by atoms with E-state index in [1.807, 2.05) is 13.1 Å². The highest BCUT2D eigenvalue weighted by atomic mass is 32.2. The van der Waals surface area contributed by atoms with Gasteiger partial charge in [0, 0.05) is 24.2 Å². The van der Waals surface area contributed by atoms with Gasteiger partial charge in [-0.2, -0.15) is 0 Å². The summed E-state index contributed by atoms with van der Waals surface area (Å²) in [5.41, 5.74) is 7.02. The molecule has 7 heteroatoms. The van der Waals surface area contributed by atoms with Gasteiger partial charge in [-0.25, -0.2) is 13.1 Å². The number of nitrogens with two attached hydrogens (primary N) is 1. The van der Waals surface area contributed by atoms with Crippen molar-refractivity contribution in [2.75, 3.05) is 31.3 Å². The summed E-state index contributed by atoms with van der Waals surface area (Å²) in [7, 11) is -0.173. The molecular formula is C14H19N3O2S2. The molecule has 0 aliphatic heterocycles. The summed E-state index contributed by atoms with van der Waals surface area (Å²) in [5, 5.41) is 2.06. The SMILES string of the molecule is CNS(=O)(=O)c1ccc(N(C)CCc2cccs2)cc1N. The third-order valence-electron chi connectivity index (χ3n) is 3.27. The predicted octanol–water partition coefficient (Wildman–Crippen LogP) is 1.92. The first-order valence-corrected chi connectivity index (χ1v) is 8.87. The normalized spacial score (nSPS) is 11.5. The summed E-state index contributed by atoms with van der Waals surface area (Å²) in [6.07, 6.45) is 0.949. The number of nitrogen functional groups attached to an aromatic ring is 1. The van der Waals surface area contributed by atoms with E-state index in [1.165, 1.54) is 18.0 Å². The van der Waals surface area contributed by atoms with Gasteiger partial charge in [-0.1, -0.05) is 6.07 Å². The Bertz CT molecular complexity index is 697. The summed E-state index contributed by atoms with van der Waals surface area (Å²) in [6.45, 7) is 0.845. The first-order chi connectivity index (χ1) is 9.94. The Labute approximate surface area is 129 Å². The van der Waals surface area contributed by atoms with Crippen LogP contribution in [0.2, 0.25) is 0 Å². The molecule has 5 nitrogen and oxygen atoms in total. The topological polar surface area (TPSA) is 75.4 Å². The first kappa shape index (κ1) is 15.8. The minimum atomic E-state index is -3.51. The van der Waals surface area contributed by atoms with Crippen LogP contribution < -0.4 is 15.4 Å². The third-order valence-corrected chi connectivity index (χ3v) is 5.69. The van der Waals surface area contributed by atoms with Crippen molar-refractivity contribution in [3.05, 3.63) is 40.6 Å². The van der Waals surface area contributed by atoms with Crippen LogP contribution in [0.5, 0.6) is 0 Å². The molecule has 0 bridgehead atoms. The van der Waals surface area contributed by atoms with E-state index in [9.17, 15) is 8.42 Å². The van der Waals surface area contributed by atoms with E-state index >= 15 is 0 Å². The summed E-state index contributed by atoms with van der Waals surface area (Å²) in [4.78, 5) is 3.50. The van der Waals surface area contributed by atoms with Gasteiger partial charge in [0.2, 0.25) is 10.0 Å². The van der Waals surface area contributed by atoms with Crippen molar-refractivity contribution in [3.63, 3.8) is 0 Å². The zero-order valence-electron chi connectivity index (χ0n) is 12.0. The Hall–Kier alpha value is -1.57. The van der Waals surface area contributed by atoms with E-state index < -0.39 is 10.0 Å². The highest BCUT2D eigenvalue weighted by Gasteiger charge is 2.16. The van der Waals surface area contributed by atoms with Crippen LogP contribution in [0, 0.1) is 0 Å². The Balaban J connectivity index is 2.12. The van der Waals surface area contributed by atoms with Gasteiger partial charge in [-0.3, -0.25) is 0 Å². The monoisotopic (exact) mass is 325 g/mol. The summed E-state index contributed by atoms with van der Waals surface area (Å²) >= 11 is 1.73. The zero-order chi connectivity index (χ0) is 15.5. The van der Waals surface area contributed by atoms with Crippen LogP contribution in [0.3, 0.4) is 0 Å². The molecule has 0 spiro atoms. The van der Waals surface area contributed by atoms with Crippen molar-refractivity contribution in [1.82, 2.24) is 4.72 Å². The largest absolute Gasteiger partial charge is 0.398 e. The predicted molar refractivity (Wildman–Crippen MR) is 88.4 cm³/mol. The fraction of sp³-hybridized carbons (Fsp3) is 0.286. The smallest absolute Gasteiger partial charge is 0.242 e. The summed E-state index contributed by atoms with van der Waals surface area (Å²) < 4.78 is 25.8. The summed E-state index contributed by atoms with van der Waals surface area (Å²) in [6, 6.07) is 9.15. The maximum atomic E-state index is 11.8. The maximum absolute atomic E-state index is 11.8. The van der Waals surface area contributed by atoms with Crippen LogP contribution in [-0.4, -0.2) is 29.1 Å². The molecule has 1 aromatic carbocycles. The zero-order valence-corrected chi connectivity index (χ0v) is 13.7. The first-order valence-electron chi connectivity index (χ1n) is 6.50. The number of likely N-dealkylation sites (N-methyl/N-ethyl adjacent to an activating group) is 1. The molecule has 0 unspecified atom stereocenters. The molecule has 0 aliphatic rings. The molecule has 0 fully saturated rings. The highest BCUT2D eigenvalue weighted by Crippen LogP contribution is 2.24. The lowest BCUT2D eigenvalue weighted by molar-refractivity contribution is 0.588. The van der Waals surface area contributed by atoms with Gasteiger partial charge in [-0.15, -0.1) is 11.3 Å². The number of nitrogens with zero attached hydrogens (tertiary/aromatic N) is 1. The van der Waals surface area contributed by atoms with Crippen LogP contribution in [0.1, 0.15) is 4.88 Å². The van der Waals surface area contributed by atoms with Crippen molar-refractivity contribution in [2.24, 2.45) is 0 Å². The Morgan fingerprint density at radius 1 is 1.33 bits per heavy atom. The number of anilines is 2. The molecule has 1 aromatic heterocycles. The number of hydrogen-bond donors (Lipinski definition) is 2. The van der Waals surface area contributed by atoms with E-state index in [4.69, 9.17) is 5.73 Å². The van der Waals surface area contributed by atoms with Crippen LogP contribution in [-0.2, 0) is 16.4 Å². The Morgan fingerprint density at radius 2 is 2.10 bits per heavy atom. The minimum Gasteiger partial charge on any atom is -0.398 e. The van der Waals surface area contributed by atoms with E-state index in [0.717, 1.165) is 18.7 Å². The molecule has 1 heterocycles. The van der Waals surface area contributed by atoms with Gasteiger partial charge in [0.1, 0.15) is 4.90 Å². The lowest BCUT2D eigenvalue weighted by Crippen LogP contribution is -2.22. The lowest BCUT2D eigenvalue weighted by Gasteiger charge is -2.20. The molecule has 2 rings (SSSR count). The molecular weight excluding hydrogens is 306 g/mol. The van der Waals surface area contributed by atoms with Crippen molar-refractivity contribution in [2.45, 2.75) is 11.3 Å². The number of sulfonamides is 1. The van der Waals surface area contributed by atoms with E-state index in [-0.39, 0.29) is 10.6 Å². The molecule has 0 aliphatic carbocycles. The van der Waals surface area contributed by atoms with Gasteiger partial charge >= 0.3 is 0 Å². The molecule has 0 atom stereocenters. The van der Waals surface area contributed by atoms with Crippen LogP contribution in [0.15, 0.2) is 40.6 Å². The molecule has 3 N–H and O–H groups in total. The molecule has 21 heavy (non-hydrogen) atoms. The van der Waals surface area contributed by atoms with Crippen molar-refractivity contribution >= 4 is 32.7 Å². The number of nitrogens with one attached hydrogen (secondary N) is 1. The van der Waals surface area contributed by atoms with Crippen molar-refractivity contribution < 1.29 is 8.42 Å². The average molecular weight is 325 g/mol. The summed E-state index contributed by atoms with van der Waals surface area (Å²) in [5.74, 6) is 0. The second-order valence-corrected chi connectivity index (χ2v) is 7.57. The Morgan fingerprint density at radius 3 is 2.67 bits per heavy atom. The van der Waals surface area contributed by atoms with Gasteiger partial charge in [0.25, 0.3) is 0 Å². The van der Waals surface area contributed by atoms with E-state index in [2.05, 4.69) is 21.1 Å². The molecule has 2 aromatic rings. The Kier molecular flexibility index (Phi) is 4.87. The van der Waals surface area contributed by atoms with Gasteiger partial charge in [-0.05, 0) is 43.1 Å². The molecule has 0 saturated heterocycles. The lowest BCUT2D eigenvalue weighted by atomic mass is 10.2. The van der Waals surface area contributed by atoms with Crippen LogP contribution >= 0.6 is 11.3 Å². The van der Waals surface area contributed by atoms with Crippen molar-refractivity contribution in [3.8, 4) is 0 Å². The van der Waals surface area contributed by atoms with E-state index in [1.54, 1.807) is 23.5 Å². The van der Waals surface area contributed by atoms with E-state index in [0.29, 0.717) is 0 Å². The molecule has 0 saturated carbocycles. The van der Waals surface area contributed by atoms with Crippen LogP contribution in [0.25, 0.3) is 0 Å². The van der Waals surface area contributed by atoms with Gasteiger partial charge in [0.15, 0.2) is 0 Å². The average Bonchev–Trinajstić information content (AvgIpc) is 2.97. The van der Waals surface area contributed by atoms with Crippen LogP contribution in [0.4, 0.5) is 11.4 Å². The number of thiophene rings is 1. The number of benzene rings is 1. The molecule has 114 valence electrons. The maximum Gasteiger partial charge on any atom is 0.242 e. The second-order valence-electron chi connectivity index (χ2n) is 4.68.